The molecule has 0 radical (unpaired) electrons. The normalized spacial score (nSPS) is 11.7. The number of halogens is 1. The zero-order valence-corrected chi connectivity index (χ0v) is 16.7. The Hall–Kier alpha value is -2.99. The van der Waals surface area contributed by atoms with Crippen LogP contribution in [0.4, 0.5) is 0 Å². The number of benzene rings is 2. The molecule has 0 aliphatic carbocycles. The fourth-order valence-corrected chi connectivity index (χ4v) is 2.65. The molecule has 0 unspecified atom stereocenters. The summed E-state index contributed by atoms with van der Waals surface area (Å²) in [7, 11) is 3.08. The van der Waals surface area contributed by atoms with E-state index in [0.717, 1.165) is 11.1 Å². The Morgan fingerprint density at radius 2 is 1.86 bits per heavy atom. The van der Waals surface area contributed by atoms with E-state index in [4.69, 9.17) is 25.8 Å². The van der Waals surface area contributed by atoms with Crippen LogP contribution in [0.15, 0.2) is 48.5 Å². The maximum atomic E-state index is 12.0. The lowest BCUT2D eigenvalue weighted by atomic mass is 10.1. The zero-order chi connectivity index (χ0) is 20.5. The Morgan fingerprint density at radius 3 is 2.54 bits per heavy atom. The standard InChI is InChI=1S/C21H22ClNO5/c1-14(16-5-4-6-17(22)12-16)23-20(24)13-28-21(25)10-8-15-7-9-18(26-2)19(11-15)27-3/h4-12,14H,13H2,1-3H3,(H,23,24)/b10-8+/t14-/m1/s1. The van der Waals surface area contributed by atoms with E-state index >= 15 is 0 Å². The van der Waals surface area contributed by atoms with Gasteiger partial charge in [-0.25, -0.2) is 4.79 Å². The van der Waals surface area contributed by atoms with Crippen LogP contribution in [0.5, 0.6) is 11.5 Å². The van der Waals surface area contributed by atoms with E-state index in [-0.39, 0.29) is 12.6 Å². The summed E-state index contributed by atoms with van der Waals surface area (Å²) in [6, 6.07) is 12.2. The van der Waals surface area contributed by atoms with E-state index in [1.54, 1.807) is 49.6 Å². The van der Waals surface area contributed by atoms with Crippen molar-refractivity contribution in [3.8, 4) is 11.5 Å². The predicted octanol–water partition coefficient (Wildman–Crippen LogP) is 3.79. The molecule has 0 saturated carbocycles. The van der Waals surface area contributed by atoms with Crippen LogP contribution in [-0.4, -0.2) is 32.7 Å². The molecule has 7 heteroatoms. The topological polar surface area (TPSA) is 73.9 Å². The largest absolute Gasteiger partial charge is 0.493 e. The molecule has 0 aliphatic heterocycles. The monoisotopic (exact) mass is 403 g/mol. The lowest BCUT2D eigenvalue weighted by Crippen LogP contribution is -2.30. The van der Waals surface area contributed by atoms with E-state index in [0.29, 0.717) is 16.5 Å². The molecule has 0 fully saturated rings. The number of methoxy groups -OCH3 is 2. The smallest absolute Gasteiger partial charge is 0.331 e. The zero-order valence-electron chi connectivity index (χ0n) is 15.9. The molecule has 2 aromatic carbocycles. The van der Waals surface area contributed by atoms with Gasteiger partial charge in [0.05, 0.1) is 20.3 Å². The Labute approximate surface area is 169 Å². The first-order valence-corrected chi connectivity index (χ1v) is 8.92. The van der Waals surface area contributed by atoms with E-state index < -0.39 is 11.9 Å². The van der Waals surface area contributed by atoms with Crippen molar-refractivity contribution in [2.75, 3.05) is 20.8 Å². The van der Waals surface area contributed by atoms with Gasteiger partial charge in [-0.1, -0.05) is 29.8 Å². The number of carbonyl (C=O) groups is 2. The summed E-state index contributed by atoms with van der Waals surface area (Å²) in [4.78, 5) is 23.8. The van der Waals surface area contributed by atoms with Crippen molar-refractivity contribution in [1.82, 2.24) is 5.32 Å². The lowest BCUT2D eigenvalue weighted by molar-refractivity contribution is -0.144. The maximum Gasteiger partial charge on any atom is 0.331 e. The van der Waals surface area contributed by atoms with Crippen molar-refractivity contribution in [2.45, 2.75) is 13.0 Å². The maximum absolute atomic E-state index is 12.0. The first kappa shape index (κ1) is 21.3. The summed E-state index contributed by atoms with van der Waals surface area (Å²) in [5.74, 6) is 0.112. The quantitative estimate of drug-likeness (QED) is 0.536. The second kappa shape index (κ2) is 10.4. The second-order valence-corrected chi connectivity index (χ2v) is 6.34. The first-order valence-electron chi connectivity index (χ1n) is 8.54. The first-order chi connectivity index (χ1) is 13.4. The van der Waals surface area contributed by atoms with Crippen LogP contribution in [-0.2, 0) is 14.3 Å². The van der Waals surface area contributed by atoms with Gasteiger partial charge in [0, 0.05) is 11.1 Å². The summed E-state index contributed by atoms with van der Waals surface area (Å²) < 4.78 is 15.3. The van der Waals surface area contributed by atoms with Crippen molar-refractivity contribution in [3.63, 3.8) is 0 Å². The van der Waals surface area contributed by atoms with Gasteiger partial charge in [0.25, 0.3) is 5.91 Å². The van der Waals surface area contributed by atoms with Crippen LogP contribution in [0.3, 0.4) is 0 Å². The summed E-state index contributed by atoms with van der Waals surface area (Å²) in [6.07, 6.45) is 2.81. The van der Waals surface area contributed by atoms with Gasteiger partial charge in [0.2, 0.25) is 0 Å². The van der Waals surface area contributed by atoms with Crippen molar-refractivity contribution in [2.24, 2.45) is 0 Å². The van der Waals surface area contributed by atoms with Crippen LogP contribution in [0, 0.1) is 0 Å². The van der Waals surface area contributed by atoms with Crippen LogP contribution in [0.1, 0.15) is 24.1 Å². The molecule has 0 bridgehead atoms. The molecule has 0 aliphatic rings. The fourth-order valence-electron chi connectivity index (χ4n) is 2.45. The van der Waals surface area contributed by atoms with Crippen molar-refractivity contribution < 1.29 is 23.8 Å². The minimum Gasteiger partial charge on any atom is -0.493 e. The van der Waals surface area contributed by atoms with Gasteiger partial charge in [0.15, 0.2) is 18.1 Å². The molecule has 1 atom stereocenters. The van der Waals surface area contributed by atoms with Gasteiger partial charge in [0.1, 0.15) is 0 Å². The molecule has 148 valence electrons. The highest BCUT2D eigenvalue weighted by Gasteiger charge is 2.11. The van der Waals surface area contributed by atoms with Crippen molar-refractivity contribution >= 4 is 29.6 Å². The molecular formula is C21H22ClNO5. The Balaban J connectivity index is 1.84. The number of hydrogen-bond acceptors (Lipinski definition) is 5. The average Bonchev–Trinajstić information content (AvgIpc) is 2.70. The molecule has 1 amide bonds. The third-order valence-electron chi connectivity index (χ3n) is 3.89. The average molecular weight is 404 g/mol. The molecule has 2 aromatic rings. The van der Waals surface area contributed by atoms with Gasteiger partial charge in [-0.2, -0.15) is 0 Å². The van der Waals surface area contributed by atoms with Crippen molar-refractivity contribution in [3.05, 3.63) is 64.7 Å². The molecule has 0 aromatic heterocycles. The van der Waals surface area contributed by atoms with Crippen LogP contribution >= 0.6 is 11.6 Å². The van der Waals surface area contributed by atoms with Gasteiger partial charge < -0.3 is 19.5 Å². The minimum absolute atomic E-state index is 0.257. The molecule has 0 saturated heterocycles. The number of nitrogens with one attached hydrogen (secondary N) is 1. The van der Waals surface area contributed by atoms with Gasteiger partial charge in [-0.05, 0) is 48.4 Å². The summed E-state index contributed by atoms with van der Waals surface area (Å²) in [5, 5.41) is 3.34. The second-order valence-electron chi connectivity index (χ2n) is 5.90. The number of amides is 1. The third-order valence-corrected chi connectivity index (χ3v) is 4.13. The number of carbonyl (C=O) groups excluding carboxylic acids is 2. The molecule has 0 spiro atoms. The summed E-state index contributed by atoms with van der Waals surface area (Å²) in [6.45, 7) is 1.45. The van der Waals surface area contributed by atoms with E-state index in [2.05, 4.69) is 5.32 Å². The number of rotatable bonds is 8. The third kappa shape index (κ3) is 6.32. The van der Waals surface area contributed by atoms with Crippen LogP contribution < -0.4 is 14.8 Å². The summed E-state index contributed by atoms with van der Waals surface area (Å²) in [5.41, 5.74) is 1.59. The molecule has 28 heavy (non-hydrogen) atoms. The van der Waals surface area contributed by atoms with E-state index in [1.807, 2.05) is 13.0 Å². The predicted molar refractivity (Wildman–Crippen MR) is 108 cm³/mol. The van der Waals surface area contributed by atoms with E-state index in [9.17, 15) is 9.59 Å². The van der Waals surface area contributed by atoms with Crippen LogP contribution in [0.25, 0.3) is 6.08 Å². The molecule has 0 heterocycles. The Kier molecular flexibility index (Phi) is 7.89. The van der Waals surface area contributed by atoms with E-state index in [1.165, 1.54) is 13.2 Å². The fraction of sp³-hybridized carbons (Fsp3) is 0.238. The van der Waals surface area contributed by atoms with Gasteiger partial charge in [-0.15, -0.1) is 0 Å². The molecular weight excluding hydrogens is 382 g/mol. The van der Waals surface area contributed by atoms with Gasteiger partial charge in [-0.3, -0.25) is 4.79 Å². The highest BCUT2D eigenvalue weighted by molar-refractivity contribution is 6.30. The SMILES string of the molecule is COc1ccc(/C=C/C(=O)OCC(=O)N[C@H](C)c2cccc(Cl)c2)cc1OC. The highest BCUT2D eigenvalue weighted by Crippen LogP contribution is 2.27. The number of ether oxygens (including phenoxy) is 3. The van der Waals surface area contributed by atoms with Gasteiger partial charge >= 0.3 is 5.97 Å². The van der Waals surface area contributed by atoms with Crippen molar-refractivity contribution in [1.29, 1.82) is 0 Å². The molecule has 1 N–H and O–H groups in total. The van der Waals surface area contributed by atoms with Crippen LogP contribution in [0.2, 0.25) is 5.02 Å². The highest BCUT2D eigenvalue weighted by atomic mass is 35.5. The number of esters is 1. The molecule has 6 nitrogen and oxygen atoms in total. The Morgan fingerprint density at radius 1 is 1.11 bits per heavy atom. The minimum atomic E-state index is -0.625. The summed E-state index contributed by atoms with van der Waals surface area (Å²) >= 11 is 5.94. The number of hydrogen-bond donors (Lipinski definition) is 1. The Bertz CT molecular complexity index is 866. The molecule has 2 rings (SSSR count). The lowest BCUT2D eigenvalue weighted by Gasteiger charge is -2.14.